The zero-order valence-corrected chi connectivity index (χ0v) is 10.2. The lowest BCUT2D eigenvalue weighted by Crippen LogP contribution is -2.37. The summed E-state index contributed by atoms with van der Waals surface area (Å²) in [6, 6.07) is 2.04. The number of guanidine groups is 1. The third kappa shape index (κ3) is 3.78. The van der Waals surface area contributed by atoms with Crippen LogP contribution < -0.4 is 11.1 Å². The summed E-state index contributed by atoms with van der Waals surface area (Å²) in [6.07, 6.45) is 6.59. The Morgan fingerprint density at radius 3 is 3.24 bits per heavy atom. The maximum atomic E-state index is 5.78. The van der Waals surface area contributed by atoms with Crippen molar-refractivity contribution in [2.75, 3.05) is 13.2 Å². The van der Waals surface area contributed by atoms with E-state index in [9.17, 15) is 0 Å². The van der Waals surface area contributed by atoms with Gasteiger partial charge in [-0.3, -0.25) is 0 Å². The van der Waals surface area contributed by atoms with Crippen LogP contribution in [0.4, 0.5) is 0 Å². The summed E-state index contributed by atoms with van der Waals surface area (Å²) in [7, 11) is 1.99. The molecule has 1 aromatic rings. The minimum atomic E-state index is 0.292. The largest absolute Gasteiger partial charge is 0.376 e. The number of ether oxygens (including phenoxy) is 1. The predicted octanol–water partition coefficient (Wildman–Crippen LogP) is 0.608. The van der Waals surface area contributed by atoms with Gasteiger partial charge in [-0.2, -0.15) is 0 Å². The van der Waals surface area contributed by atoms with Crippen LogP contribution in [0.25, 0.3) is 0 Å². The Morgan fingerprint density at radius 1 is 1.71 bits per heavy atom. The van der Waals surface area contributed by atoms with Crippen molar-refractivity contribution in [2.24, 2.45) is 17.8 Å². The quantitative estimate of drug-likeness (QED) is 0.594. The monoisotopic (exact) mass is 236 g/mol. The lowest BCUT2D eigenvalue weighted by atomic mass is 10.2. The van der Waals surface area contributed by atoms with E-state index in [-0.39, 0.29) is 0 Å². The molecule has 0 bridgehead atoms. The van der Waals surface area contributed by atoms with Crippen LogP contribution in [0, 0.1) is 0 Å². The minimum absolute atomic E-state index is 0.292. The summed E-state index contributed by atoms with van der Waals surface area (Å²) in [5.74, 6) is 0.490. The van der Waals surface area contributed by atoms with Gasteiger partial charge in [-0.1, -0.05) is 0 Å². The number of aryl methyl sites for hydroxylation is 1. The van der Waals surface area contributed by atoms with Crippen molar-refractivity contribution in [1.29, 1.82) is 0 Å². The molecule has 94 valence electrons. The van der Waals surface area contributed by atoms with Gasteiger partial charge in [-0.15, -0.1) is 0 Å². The normalized spacial score (nSPS) is 20.8. The fourth-order valence-electron chi connectivity index (χ4n) is 1.91. The van der Waals surface area contributed by atoms with Crippen LogP contribution >= 0.6 is 0 Å². The van der Waals surface area contributed by atoms with Crippen molar-refractivity contribution in [3.8, 4) is 0 Å². The molecule has 5 heteroatoms. The number of nitrogens with zero attached hydrogens (tertiary/aromatic N) is 2. The number of rotatable bonds is 4. The Bertz CT molecular complexity index is 380. The summed E-state index contributed by atoms with van der Waals surface area (Å²) in [4.78, 5) is 4.28. The van der Waals surface area contributed by atoms with Gasteiger partial charge >= 0.3 is 0 Å². The maximum Gasteiger partial charge on any atom is 0.189 e. The Hall–Kier alpha value is -1.49. The molecular weight excluding hydrogens is 216 g/mol. The van der Waals surface area contributed by atoms with E-state index in [1.807, 2.05) is 30.1 Å². The molecule has 1 fully saturated rings. The van der Waals surface area contributed by atoms with Crippen LogP contribution in [-0.4, -0.2) is 29.8 Å². The van der Waals surface area contributed by atoms with E-state index in [0.717, 1.165) is 31.6 Å². The molecule has 0 radical (unpaired) electrons. The van der Waals surface area contributed by atoms with Gasteiger partial charge in [0.1, 0.15) is 0 Å². The molecule has 1 aliphatic heterocycles. The summed E-state index contributed by atoms with van der Waals surface area (Å²) in [5.41, 5.74) is 6.94. The third-order valence-corrected chi connectivity index (χ3v) is 2.86. The first-order valence-electron chi connectivity index (χ1n) is 6.00. The first-order valence-corrected chi connectivity index (χ1v) is 6.00. The lowest BCUT2D eigenvalue weighted by Gasteiger charge is -2.10. The number of nitrogens with one attached hydrogen (secondary N) is 1. The third-order valence-electron chi connectivity index (χ3n) is 2.86. The molecule has 1 saturated heterocycles. The van der Waals surface area contributed by atoms with Gasteiger partial charge in [-0.25, -0.2) is 4.99 Å². The predicted molar refractivity (Wildman–Crippen MR) is 67.7 cm³/mol. The summed E-state index contributed by atoms with van der Waals surface area (Å²) in [6.45, 7) is 2.24. The topological polar surface area (TPSA) is 64.6 Å². The van der Waals surface area contributed by atoms with Gasteiger partial charge < -0.3 is 20.4 Å². The Morgan fingerprint density at radius 2 is 2.59 bits per heavy atom. The van der Waals surface area contributed by atoms with Crippen molar-refractivity contribution in [1.82, 2.24) is 9.88 Å². The van der Waals surface area contributed by atoms with Crippen molar-refractivity contribution in [3.05, 3.63) is 24.0 Å². The van der Waals surface area contributed by atoms with Gasteiger partial charge in [0, 0.05) is 32.6 Å². The molecule has 3 N–H and O–H groups in total. The average Bonchev–Trinajstić information content (AvgIpc) is 2.95. The summed E-state index contributed by atoms with van der Waals surface area (Å²) in [5, 5.41) is 3.10. The highest BCUT2D eigenvalue weighted by atomic mass is 16.5. The number of hydrogen-bond acceptors (Lipinski definition) is 2. The van der Waals surface area contributed by atoms with Gasteiger partial charge in [0.15, 0.2) is 5.96 Å². The lowest BCUT2D eigenvalue weighted by molar-refractivity contribution is 0.114. The molecule has 2 heterocycles. The molecule has 2 rings (SSSR count). The van der Waals surface area contributed by atoms with Gasteiger partial charge in [0.05, 0.1) is 12.6 Å². The fourth-order valence-corrected chi connectivity index (χ4v) is 1.91. The molecule has 0 amide bonds. The summed E-state index contributed by atoms with van der Waals surface area (Å²) < 4.78 is 7.49. The van der Waals surface area contributed by atoms with E-state index in [2.05, 4.69) is 10.3 Å². The maximum absolute atomic E-state index is 5.78. The van der Waals surface area contributed by atoms with Crippen LogP contribution in [0.15, 0.2) is 23.5 Å². The molecule has 0 spiro atoms. The zero-order chi connectivity index (χ0) is 12.1. The van der Waals surface area contributed by atoms with Crippen molar-refractivity contribution < 1.29 is 4.74 Å². The molecule has 17 heavy (non-hydrogen) atoms. The second-order valence-corrected chi connectivity index (χ2v) is 4.40. The van der Waals surface area contributed by atoms with Crippen molar-refractivity contribution in [3.63, 3.8) is 0 Å². The standard InChI is InChI=1S/C12H20N4O/c1-16-5-4-10(9-16)7-14-12(13)15-8-11-3-2-6-17-11/h4-5,9,11H,2-3,6-8H2,1H3,(H3,13,14,15). The molecule has 1 aromatic heterocycles. The SMILES string of the molecule is Cn1ccc(CN=C(N)NCC2CCCO2)c1. The van der Waals surface area contributed by atoms with E-state index < -0.39 is 0 Å². The first-order chi connectivity index (χ1) is 8.24. The molecule has 1 atom stereocenters. The molecule has 1 unspecified atom stereocenters. The summed E-state index contributed by atoms with van der Waals surface area (Å²) >= 11 is 0. The van der Waals surface area contributed by atoms with E-state index in [0.29, 0.717) is 18.6 Å². The van der Waals surface area contributed by atoms with E-state index in [1.165, 1.54) is 0 Å². The molecule has 0 aliphatic carbocycles. The minimum Gasteiger partial charge on any atom is -0.376 e. The Kier molecular flexibility index (Phi) is 4.03. The number of hydrogen-bond donors (Lipinski definition) is 2. The second kappa shape index (κ2) is 5.72. The van der Waals surface area contributed by atoms with E-state index in [1.54, 1.807) is 0 Å². The van der Waals surface area contributed by atoms with Crippen LogP contribution in [0.5, 0.6) is 0 Å². The van der Waals surface area contributed by atoms with E-state index in [4.69, 9.17) is 10.5 Å². The van der Waals surface area contributed by atoms with E-state index >= 15 is 0 Å². The fraction of sp³-hybridized carbons (Fsp3) is 0.583. The molecular formula is C12H20N4O. The highest BCUT2D eigenvalue weighted by Gasteiger charge is 2.14. The smallest absolute Gasteiger partial charge is 0.189 e. The number of nitrogens with two attached hydrogens (primary N) is 1. The van der Waals surface area contributed by atoms with Gasteiger partial charge in [0.2, 0.25) is 0 Å². The van der Waals surface area contributed by atoms with Crippen molar-refractivity contribution in [2.45, 2.75) is 25.5 Å². The zero-order valence-electron chi connectivity index (χ0n) is 10.2. The van der Waals surface area contributed by atoms with Crippen LogP contribution in [0.2, 0.25) is 0 Å². The van der Waals surface area contributed by atoms with Gasteiger partial charge in [0.25, 0.3) is 0 Å². The first kappa shape index (κ1) is 12.0. The van der Waals surface area contributed by atoms with Crippen LogP contribution in [0.1, 0.15) is 18.4 Å². The average molecular weight is 236 g/mol. The Balaban J connectivity index is 1.73. The highest BCUT2D eigenvalue weighted by molar-refractivity contribution is 5.77. The molecule has 1 aliphatic rings. The molecule has 5 nitrogen and oxygen atoms in total. The second-order valence-electron chi connectivity index (χ2n) is 4.40. The van der Waals surface area contributed by atoms with Crippen LogP contribution in [-0.2, 0) is 18.3 Å². The number of aliphatic imine (C=N–C) groups is 1. The Labute approximate surface area is 102 Å². The van der Waals surface area contributed by atoms with Crippen molar-refractivity contribution >= 4 is 5.96 Å². The highest BCUT2D eigenvalue weighted by Crippen LogP contribution is 2.10. The molecule has 0 aromatic carbocycles. The van der Waals surface area contributed by atoms with Gasteiger partial charge in [-0.05, 0) is 24.5 Å². The number of aromatic nitrogens is 1. The van der Waals surface area contributed by atoms with Crippen LogP contribution in [0.3, 0.4) is 0 Å². The molecule has 0 saturated carbocycles.